The Morgan fingerprint density at radius 1 is 1.56 bits per heavy atom. The Labute approximate surface area is 96.0 Å². The molecule has 1 saturated heterocycles. The summed E-state index contributed by atoms with van der Waals surface area (Å²) in [6.45, 7) is 4.43. The van der Waals surface area contributed by atoms with Gasteiger partial charge in [-0.3, -0.25) is 0 Å². The van der Waals surface area contributed by atoms with Gasteiger partial charge in [-0.25, -0.2) is 15.8 Å². The number of nitrogen functional groups attached to an aromatic ring is 1. The third kappa shape index (κ3) is 2.41. The number of hydrogen-bond acceptors (Lipinski definition) is 5. The molecule has 0 saturated carbocycles. The zero-order valence-corrected chi connectivity index (χ0v) is 9.69. The van der Waals surface area contributed by atoms with Gasteiger partial charge >= 0.3 is 0 Å². The first kappa shape index (κ1) is 11.1. The van der Waals surface area contributed by atoms with Crippen molar-refractivity contribution in [3.63, 3.8) is 0 Å². The maximum absolute atomic E-state index is 5.33. The van der Waals surface area contributed by atoms with Gasteiger partial charge in [-0.1, -0.05) is 13.3 Å². The van der Waals surface area contributed by atoms with Crippen LogP contribution in [0.5, 0.6) is 0 Å². The second-order valence-corrected chi connectivity index (χ2v) is 4.30. The summed E-state index contributed by atoms with van der Waals surface area (Å²) in [5, 5.41) is 0. The predicted molar refractivity (Wildman–Crippen MR) is 65.1 cm³/mol. The lowest BCUT2D eigenvalue weighted by molar-refractivity contribution is 0.529. The first-order valence-corrected chi connectivity index (χ1v) is 5.87. The van der Waals surface area contributed by atoms with E-state index in [1.165, 1.54) is 19.3 Å². The van der Waals surface area contributed by atoms with E-state index in [4.69, 9.17) is 5.84 Å². The van der Waals surface area contributed by atoms with Crippen LogP contribution in [0.15, 0.2) is 12.4 Å². The quantitative estimate of drug-likeness (QED) is 0.594. The van der Waals surface area contributed by atoms with Crippen molar-refractivity contribution in [2.75, 3.05) is 23.4 Å². The number of hydrazine groups is 1. The average Bonchev–Trinajstić information content (AvgIpc) is 2.78. The molecular formula is C11H19N5. The molecule has 0 radical (unpaired) electrons. The number of anilines is 2. The molecule has 1 aromatic rings. The molecule has 16 heavy (non-hydrogen) atoms. The number of rotatable bonds is 4. The molecular weight excluding hydrogens is 202 g/mol. The lowest BCUT2D eigenvalue weighted by Crippen LogP contribution is -2.21. The number of nitrogens with one attached hydrogen (secondary N) is 1. The molecule has 5 heteroatoms. The fourth-order valence-electron chi connectivity index (χ4n) is 2.28. The molecule has 2 heterocycles. The normalized spacial score (nSPS) is 20.1. The second kappa shape index (κ2) is 5.12. The lowest BCUT2D eigenvalue weighted by Gasteiger charge is -2.17. The third-order valence-corrected chi connectivity index (χ3v) is 3.11. The maximum atomic E-state index is 5.33. The molecule has 2 rings (SSSR count). The first-order chi connectivity index (χ1) is 7.83. The Kier molecular flexibility index (Phi) is 3.56. The second-order valence-electron chi connectivity index (χ2n) is 4.30. The molecule has 1 atom stereocenters. The summed E-state index contributed by atoms with van der Waals surface area (Å²) in [7, 11) is 0. The van der Waals surface area contributed by atoms with Crippen molar-refractivity contribution >= 4 is 11.6 Å². The van der Waals surface area contributed by atoms with Crippen LogP contribution in [-0.2, 0) is 0 Å². The summed E-state index contributed by atoms with van der Waals surface area (Å²) in [5.74, 6) is 7.79. The van der Waals surface area contributed by atoms with E-state index < -0.39 is 0 Å². The van der Waals surface area contributed by atoms with Crippen molar-refractivity contribution in [1.82, 2.24) is 9.97 Å². The Hall–Kier alpha value is -1.36. The minimum atomic E-state index is 0.670. The van der Waals surface area contributed by atoms with Crippen LogP contribution in [0.1, 0.15) is 26.2 Å². The van der Waals surface area contributed by atoms with Gasteiger partial charge in [-0.2, -0.15) is 0 Å². The molecule has 0 aliphatic carbocycles. The molecule has 0 bridgehead atoms. The van der Waals surface area contributed by atoms with Crippen molar-refractivity contribution in [1.29, 1.82) is 0 Å². The van der Waals surface area contributed by atoms with Crippen LogP contribution in [0.4, 0.5) is 11.6 Å². The van der Waals surface area contributed by atoms with Crippen LogP contribution >= 0.6 is 0 Å². The largest absolute Gasteiger partial charge is 0.356 e. The monoisotopic (exact) mass is 221 g/mol. The Morgan fingerprint density at radius 2 is 2.44 bits per heavy atom. The van der Waals surface area contributed by atoms with Gasteiger partial charge in [-0.05, 0) is 18.8 Å². The van der Waals surface area contributed by atoms with Crippen LogP contribution in [0.2, 0.25) is 0 Å². The van der Waals surface area contributed by atoms with Gasteiger partial charge in [0.05, 0.1) is 0 Å². The molecule has 1 aromatic heterocycles. The molecule has 3 N–H and O–H groups in total. The van der Waals surface area contributed by atoms with Crippen LogP contribution < -0.4 is 16.2 Å². The van der Waals surface area contributed by atoms with Crippen LogP contribution in [0, 0.1) is 5.92 Å². The fourth-order valence-corrected chi connectivity index (χ4v) is 2.28. The minimum Gasteiger partial charge on any atom is -0.356 e. The SMILES string of the molecule is CCCC1CCN(c2cc(NN)ncn2)C1. The Bertz CT molecular complexity index is 341. The highest BCUT2D eigenvalue weighted by Crippen LogP contribution is 2.25. The zero-order valence-electron chi connectivity index (χ0n) is 9.69. The summed E-state index contributed by atoms with van der Waals surface area (Å²) in [6.07, 6.45) is 5.39. The van der Waals surface area contributed by atoms with Crippen molar-refractivity contribution in [2.24, 2.45) is 11.8 Å². The van der Waals surface area contributed by atoms with Crippen molar-refractivity contribution in [2.45, 2.75) is 26.2 Å². The van der Waals surface area contributed by atoms with E-state index in [0.29, 0.717) is 5.82 Å². The average molecular weight is 221 g/mol. The van der Waals surface area contributed by atoms with Gasteiger partial charge in [0.2, 0.25) is 0 Å². The number of nitrogens with two attached hydrogens (primary N) is 1. The molecule has 0 spiro atoms. The predicted octanol–water partition coefficient (Wildman–Crippen LogP) is 1.39. The zero-order chi connectivity index (χ0) is 11.4. The third-order valence-electron chi connectivity index (χ3n) is 3.11. The summed E-state index contributed by atoms with van der Waals surface area (Å²) >= 11 is 0. The Balaban J connectivity index is 2.02. The maximum Gasteiger partial charge on any atom is 0.145 e. The summed E-state index contributed by atoms with van der Waals surface area (Å²) < 4.78 is 0. The van der Waals surface area contributed by atoms with Gasteiger partial charge in [0, 0.05) is 19.2 Å². The molecule has 5 nitrogen and oxygen atoms in total. The molecule has 0 amide bonds. The molecule has 1 unspecified atom stereocenters. The van der Waals surface area contributed by atoms with E-state index in [0.717, 1.165) is 24.8 Å². The van der Waals surface area contributed by atoms with Crippen LogP contribution in [-0.4, -0.2) is 23.1 Å². The van der Waals surface area contributed by atoms with Crippen molar-refractivity contribution in [3.8, 4) is 0 Å². The van der Waals surface area contributed by atoms with Crippen molar-refractivity contribution in [3.05, 3.63) is 12.4 Å². The Morgan fingerprint density at radius 3 is 3.19 bits per heavy atom. The topological polar surface area (TPSA) is 67.1 Å². The van der Waals surface area contributed by atoms with E-state index >= 15 is 0 Å². The fraction of sp³-hybridized carbons (Fsp3) is 0.636. The molecule has 0 aromatic carbocycles. The van der Waals surface area contributed by atoms with E-state index in [-0.39, 0.29) is 0 Å². The van der Waals surface area contributed by atoms with E-state index in [1.54, 1.807) is 6.33 Å². The van der Waals surface area contributed by atoms with Crippen LogP contribution in [0.25, 0.3) is 0 Å². The highest BCUT2D eigenvalue weighted by molar-refractivity contribution is 5.48. The van der Waals surface area contributed by atoms with E-state index in [2.05, 4.69) is 27.2 Å². The van der Waals surface area contributed by atoms with Gasteiger partial charge in [0.1, 0.15) is 18.0 Å². The summed E-state index contributed by atoms with van der Waals surface area (Å²) in [4.78, 5) is 10.6. The lowest BCUT2D eigenvalue weighted by atomic mass is 10.0. The highest BCUT2D eigenvalue weighted by Gasteiger charge is 2.22. The standard InChI is InChI=1S/C11H19N5/c1-2-3-9-4-5-16(7-9)11-6-10(15-12)13-8-14-11/h6,8-9H,2-5,7,12H2,1H3,(H,13,14,15). The summed E-state index contributed by atoms with van der Waals surface area (Å²) in [6, 6.07) is 1.90. The highest BCUT2D eigenvalue weighted by atomic mass is 15.3. The van der Waals surface area contributed by atoms with Gasteiger partial charge in [0.25, 0.3) is 0 Å². The van der Waals surface area contributed by atoms with Crippen LogP contribution in [0.3, 0.4) is 0 Å². The molecule has 1 fully saturated rings. The van der Waals surface area contributed by atoms with Gasteiger partial charge in [-0.15, -0.1) is 0 Å². The van der Waals surface area contributed by atoms with E-state index in [9.17, 15) is 0 Å². The number of hydrogen-bond donors (Lipinski definition) is 2. The van der Waals surface area contributed by atoms with Gasteiger partial charge in [0.15, 0.2) is 0 Å². The molecule has 88 valence electrons. The summed E-state index contributed by atoms with van der Waals surface area (Å²) in [5.41, 5.74) is 2.55. The minimum absolute atomic E-state index is 0.670. The number of aromatic nitrogens is 2. The first-order valence-electron chi connectivity index (χ1n) is 5.87. The molecule has 1 aliphatic rings. The number of nitrogens with zero attached hydrogens (tertiary/aromatic N) is 3. The van der Waals surface area contributed by atoms with Crippen molar-refractivity contribution < 1.29 is 0 Å². The molecule has 1 aliphatic heterocycles. The van der Waals surface area contributed by atoms with Gasteiger partial charge < -0.3 is 10.3 Å². The van der Waals surface area contributed by atoms with E-state index in [1.807, 2.05) is 6.07 Å². The smallest absolute Gasteiger partial charge is 0.145 e.